The summed E-state index contributed by atoms with van der Waals surface area (Å²) in [6.07, 6.45) is 4.75. The fourth-order valence-electron chi connectivity index (χ4n) is 1.01. The highest BCUT2D eigenvalue weighted by molar-refractivity contribution is 7.98. The fraction of sp³-hybridized carbons (Fsp3) is 0.111. The highest BCUT2D eigenvalue weighted by Crippen LogP contribution is 2.21. The van der Waals surface area contributed by atoms with E-state index in [9.17, 15) is 0 Å². The molecule has 0 aliphatic rings. The smallest absolute Gasteiger partial charge is 0.170 e. The third-order valence-electron chi connectivity index (χ3n) is 1.60. The maximum Gasteiger partial charge on any atom is 0.170 e. The lowest BCUT2D eigenvalue weighted by atomic mass is 10.3. The molecule has 1 aromatic carbocycles. The molecule has 1 heterocycles. The maximum absolute atomic E-state index is 5.12. The molecule has 1 nitrogen and oxygen atoms in total. The van der Waals surface area contributed by atoms with Gasteiger partial charge in [-0.05, 0) is 30.5 Å². The minimum absolute atomic E-state index is 0.914. The molecule has 0 aliphatic carbocycles. The van der Waals surface area contributed by atoms with Crippen molar-refractivity contribution < 1.29 is 4.42 Å². The van der Waals surface area contributed by atoms with Gasteiger partial charge in [0.1, 0.15) is 5.58 Å². The van der Waals surface area contributed by atoms with Crippen LogP contribution < -0.4 is 0 Å². The van der Waals surface area contributed by atoms with Crippen LogP contribution in [0.25, 0.3) is 11.0 Å². The number of hydrogen-bond acceptors (Lipinski definition) is 2. The molecule has 0 spiro atoms. The van der Waals surface area contributed by atoms with Gasteiger partial charge in [-0.25, -0.2) is 0 Å². The topological polar surface area (TPSA) is 13.1 Å². The Morgan fingerprint density at radius 2 is 2.36 bits per heavy atom. The van der Waals surface area contributed by atoms with Crippen LogP contribution in [-0.2, 0) is 0 Å². The Labute approximate surface area is 69.4 Å². The van der Waals surface area contributed by atoms with Gasteiger partial charge in [0, 0.05) is 10.3 Å². The van der Waals surface area contributed by atoms with Crippen molar-refractivity contribution in [3.63, 3.8) is 0 Å². The maximum atomic E-state index is 5.12. The van der Waals surface area contributed by atoms with E-state index in [2.05, 4.69) is 12.3 Å². The lowest BCUT2D eigenvalue weighted by Crippen LogP contribution is -1.67. The molecule has 11 heavy (non-hydrogen) atoms. The molecule has 0 fully saturated rings. The second kappa shape index (κ2) is 2.62. The average molecular weight is 163 g/mol. The summed E-state index contributed by atoms with van der Waals surface area (Å²) in [5.41, 5.74) is 0.914. The Morgan fingerprint density at radius 1 is 1.45 bits per heavy atom. The van der Waals surface area contributed by atoms with Crippen molar-refractivity contribution in [2.45, 2.75) is 4.90 Å². The van der Waals surface area contributed by atoms with Crippen LogP contribution in [0.4, 0.5) is 0 Å². The van der Waals surface area contributed by atoms with Crippen LogP contribution in [0.1, 0.15) is 0 Å². The van der Waals surface area contributed by atoms with Gasteiger partial charge >= 0.3 is 0 Å². The van der Waals surface area contributed by atoms with Crippen LogP contribution in [0.3, 0.4) is 0 Å². The minimum atomic E-state index is 0.914. The number of furan rings is 1. The van der Waals surface area contributed by atoms with Gasteiger partial charge in [0.2, 0.25) is 0 Å². The average Bonchev–Trinajstić information content (AvgIpc) is 2.50. The molecule has 0 aliphatic heterocycles. The molecule has 2 aromatic rings. The van der Waals surface area contributed by atoms with Gasteiger partial charge in [0.15, 0.2) is 6.26 Å². The molecule has 0 saturated heterocycles. The van der Waals surface area contributed by atoms with Crippen molar-refractivity contribution in [1.82, 2.24) is 0 Å². The molecule has 0 atom stereocenters. The monoisotopic (exact) mass is 163 g/mol. The van der Waals surface area contributed by atoms with Gasteiger partial charge in [-0.3, -0.25) is 0 Å². The van der Waals surface area contributed by atoms with Crippen LogP contribution in [0.5, 0.6) is 0 Å². The third kappa shape index (κ3) is 1.14. The Hall–Kier alpha value is -0.890. The van der Waals surface area contributed by atoms with Crippen molar-refractivity contribution in [3.05, 3.63) is 30.5 Å². The summed E-state index contributed by atoms with van der Waals surface area (Å²) in [6, 6.07) is 7.99. The largest absolute Gasteiger partial charge is 0.453 e. The molecule has 0 saturated carbocycles. The number of hydrogen-bond donors (Lipinski definition) is 0. The molecule has 55 valence electrons. The number of fused-ring (bicyclic) bond motifs is 1. The lowest BCUT2D eigenvalue weighted by molar-refractivity contribution is 0.605. The van der Waals surface area contributed by atoms with Crippen molar-refractivity contribution in [2.75, 3.05) is 6.26 Å². The van der Waals surface area contributed by atoms with Crippen LogP contribution in [-0.4, -0.2) is 6.26 Å². The number of rotatable bonds is 1. The highest BCUT2D eigenvalue weighted by Gasteiger charge is 1.96. The van der Waals surface area contributed by atoms with E-state index in [1.807, 2.05) is 24.5 Å². The highest BCUT2D eigenvalue weighted by atomic mass is 32.2. The Kier molecular flexibility index (Phi) is 1.62. The lowest BCUT2D eigenvalue weighted by Gasteiger charge is -1.93. The number of thioether (sulfide) groups is 1. The van der Waals surface area contributed by atoms with E-state index in [-0.39, 0.29) is 0 Å². The van der Waals surface area contributed by atoms with E-state index in [4.69, 9.17) is 4.42 Å². The predicted molar refractivity (Wildman–Crippen MR) is 46.8 cm³/mol. The molecular weight excluding hydrogens is 156 g/mol. The van der Waals surface area contributed by atoms with Crippen LogP contribution in [0, 0.1) is 6.26 Å². The quantitative estimate of drug-likeness (QED) is 0.599. The van der Waals surface area contributed by atoms with Crippen molar-refractivity contribution in [3.8, 4) is 0 Å². The Bertz CT molecular complexity index is 364. The van der Waals surface area contributed by atoms with Gasteiger partial charge < -0.3 is 4.42 Å². The first-order valence-electron chi connectivity index (χ1n) is 3.34. The van der Waals surface area contributed by atoms with Gasteiger partial charge in [0.05, 0.1) is 0 Å². The Balaban J connectivity index is 2.67. The summed E-state index contributed by atoms with van der Waals surface area (Å²) >= 11 is 1.71. The van der Waals surface area contributed by atoms with E-state index in [1.165, 1.54) is 4.90 Å². The second-order valence-electron chi connectivity index (χ2n) is 2.27. The molecule has 0 amide bonds. The molecule has 0 bridgehead atoms. The zero-order chi connectivity index (χ0) is 7.68. The van der Waals surface area contributed by atoms with Gasteiger partial charge in [-0.1, -0.05) is 0 Å². The normalized spacial score (nSPS) is 10.6. The van der Waals surface area contributed by atoms with Crippen LogP contribution in [0.15, 0.2) is 33.6 Å². The van der Waals surface area contributed by atoms with Crippen LogP contribution in [0.2, 0.25) is 0 Å². The van der Waals surface area contributed by atoms with Gasteiger partial charge in [0.25, 0.3) is 0 Å². The first-order valence-corrected chi connectivity index (χ1v) is 4.56. The predicted octanol–water partition coefficient (Wildman–Crippen LogP) is 2.95. The van der Waals surface area contributed by atoms with E-state index in [0.29, 0.717) is 0 Å². The standard InChI is InChI=1S/C9H7OS/c1-11-8-3-2-7-4-5-10-9(7)6-8/h2-4,6H,1H3. The minimum Gasteiger partial charge on any atom is -0.453 e. The van der Waals surface area contributed by atoms with Crippen LogP contribution >= 0.6 is 11.8 Å². The molecular formula is C9H7OS. The molecule has 2 heteroatoms. The van der Waals surface area contributed by atoms with E-state index < -0.39 is 0 Å². The summed E-state index contributed by atoms with van der Waals surface area (Å²) in [5.74, 6) is 0. The summed E-state index contributed by atoms with van der Waals surface area (Å²) in [7, 11) is 0. The molecule has 1 radical (unpaired) electrons. The molecule has 2 rings (SSSR count). The zero-order valence-electron chi connectivity index (χ0n) is 6.13. The number of benzene rings is 1. The molecule has 0 unspecified atom stereocenters. The first-order chi connectivity index (χ1) is 5.40. The summed E-state index contributed by atoms with van der Waals surface area (Å²) < 4.78 is 5.12. The SMILES string of the molecule is CSc1ccc2c[c]oc2c1. The molecule has 0 N–H and O–H groups in total. The van der Waals surface area contributed by atoms with E-state index in [1.54, 1.807) is 11.8 Å². The van der Waals surface area contributed by atoms with Crippen molar-refractivity contribution >= 4 is 22.7 Å². The van der Waals surface area contributed by atoms with Gasteiger partial charge in [-0.15, -0.1) is 11.8 Å². The van der Waals surface area contributed by atoms with E-state index >= 15 is 0 Å². The summed E-state index contributed by atoms with van der Waals surface area (Å²) in [6.45, 7) is 0. The van der Waals surface area contributed by atoms with Crippen molar-refractivity contribution in [2.24, 2.45) is 0 Å². The molecule has 1 aromatic heterocycles. The first kappa shape index (κ1) is 6.80. The fourth-order valence-corrected chi connectivity index (χ4v) is 1.43. The van der Waals surface area contributed by atoms with Gasteiger partial charge in [-0.2, -0.15) is 0 Å². The third-order valence-corrected chi connectivity index (χ3v) is 2.33. The van der Waals surface area contributed by atoms with E-state index in [0.717, 1.165) is 11.0 Å². The zero-order valence-corrected chi connectivity index (χ0v) is 6.94. The Morgan fingerprint density at radius 3 is 3.18 bits per heavy atom. The summed E-state index contributed by atoms with van der Waals surface area (Å²) in [4.78, 5) is 1.22. The van der Waals surface area contributed by atoms with Crippen molar-refractivity contribution in [1.29, 1.82) is 0 Å². The summed E-state index contributed by atoms with van der Waals surface area (Å²) in [5, 5.41) is 1.11. The second-order valence-corrected chi connectivity index (χ2v) is 3.15.